The number of sulfone groups is 1. The fraction of sp³-hybridized carbons (Fsp3) is 0.455. The molecule has 1 heterocycles. The largest absolute Gasteiger partial charge is 0.478 e. The molecule has 8 heteroatoms. The molecule has 7 nitrogen and oxygen atoms in total. The molecule has 2 N–H and O–H groups in total. The SMILES string of the molecule is Cc1oc(CNC(=O)CCS(C)(=O)=O)cc1C(=O)O. The zero-order valence-corrected chi connectivity index (χ0v) is 11.4. The number of carbonyl (C=O) groups excluding carboxylic acids is 1. The van der Waals surface area contributed by atoms with Gasteiger partial charge in [-0.15, -0.1) is 0 Å². The van der Waals surface area contributed by atoms with E-state index in [1.165, 1.54) is 13.0 Å². The summed E-state index contributed by atoms with van der Waals surface area (Å²) in [5.74, 6) is -1.20. The van der Waals surface area contributed by atoms with Gasteiger partial charge in [0, 0.05) is 12.7 Å². The van der Waals surface area contributed by atoms with Crippen molar-refractivity contribution in [1.82, 2.24) is 5.32 Å². The summed E-state index contributed by atoms with van der Waals surface area (Å²) >= 11 is 0. The van der Waals surface area contributed by atoms with Gasteiger partial charge in [0.15, 0.2) is 0 Å². The zero-order chi connectivity index (χ0) is 14.6. The number of rotatable bonds is 6. The quantitative estimate of drug-likeness (QED) is 0.780. The first-order valence-electron chi connectivity index (χ1n) is 5.46. The minimum Gasteiger partial charge on any atom is -0.478 e. The highest BCUT2D eigenvalue weighted by molar-refractivity contribution is 7.90. The molecular formula is C11H15NO6S. The molecular weight excluding hydrogens is 274 g/mol. The molecule has 0 aliphatic heterocycles. The first-order chi connectivity index (χ1) is 8.69. The molecule has 0 aliphatic rings. The summed E-state index contributed by atoms with van der Waals surface area (Å²) in [6.45, 7) is 1.54. The maximum Gasteiger partial charge on any atom is 0.339 e. The first kappa shape index (κ1) is 15.2. The van der Waals surface area contributed by atoms with Gasteiger partial charge in [-0.2, -0.15) is 0 Å². The van der Waals surface area contributed by atoms with Crippen molar-refractivity contribution in [3.63, 3.8) is 0 Å². The van der Waals surface area contributed by atoms with E-state index in [9.17, 15) is 18.0 Å². The highest BCUT2D eigenvalue weighted by Gasteiger charge is 2.14. The molecule has 1 aromatic heterocycles. The lowest BCUT2D eigenvalue weighted by atomic mass is 10.2. The van der Waals surface area contributed by atoms with Crippen LogP contribution >= 0.6 is 0 Å². The summed E-state index contributed by atoms with van der Waals surface area (Å²) in [7, 11) is -3.18. The van der Waals surface area contributed by atoms with Crippen LogP contribution in [0.3, 0.4) is 0 Å². The lowest BCUT2D eigenvalue weighted by molar-refractivity contribution is -0.120. The fourth-order valence-corrected chi connectivity index (χ4v) is 1.95. The molecule has 19 heavy (non-hydrogen) atoms. The molecule has 1 amide bonds. The monoisotopic (exact) mass is 289 g/mol. The normalized spacial score (nSPS) is 11.3. The van der Waals surface area contributed by atoms with E-state index in [1.54, 1.807) is 0 Å². The summed E-state index contributed by atoms with van der Waals surface area (Å²) in [5.41, 5.74) is 0.0420. The average Bonchev–Trinajstić information content (AvgIpc) is 2.64. The highest BCUT2D eigenvalue weighted by Crippen LogP contribution is 2.14. The Morgan fingerprint density at radius 1 is 1.42 bits per heavy atom. The number of carboxylic acids is 1. The topological polar surface area (TPSA) is 114 Å². The summed E-state index contributed by atoms with van der Waals surface area (Å²) in [6.07, 6.45) is 0.916. The number of hydrogen-bond donors (Lipinski definition) is 2. The molecule has 0 radical (unpaired) electrons. The average molecular weight is 289 g/mol. The van der Waals surface area contributed by atoms with Gasteiger partial charge in [0.25, 0.3) is 0 Å². The second kappa shape index (κ2) is 5.87. The molecule has 106 valence electrons. The van der Waals surface area contributed by atoms with Crippen molar-refractivity contribution in [2.75, 3.05) is 12.0 Å². The van der Waals surface area contributed by atoms with Crippen molar-refractivity contribution in [3.05, 3.63) is 23.2 Å². The Bertz CT molecular complexity index is 586. The second-order valence-corrected chi connectivity index (χ2v) is 6.40. The number of amides is 1. The van der Waals surface area contributed by atoms with Gasteiger partial charge < -0.3 is 14.8 Å². The predicted octanol–water partition coefficient (Wildman–Crippen LogP) is 0.337. The predicted molar refractivity (Wildman–Crippen MR) is 66.6 cm³/mol. The van der Waals surface area contributed by atoms with E-state index in [1.807, 2.05) is 0 Å². The van der Waals surface area contributed by atoms with Crippen molar-refractivity contribution in [2.24, 2.45) is 0 Å². The Morgan fingerprint density at radius 3 is 2.53 bits per heavy atom. The molecule has 0 bridgehead atoms. The van der Waals surface area contributed by atoms with E-state index in [0.717, 1.165) is 6.26 Å². The minimum atomic E-state index is -3.18. The van der Waals surface area contributed by atoms with E-state index < -0.39 is 21.7 Å². The number of aryl methyl sites for hydroxylation is 1. The van der Waals surface area contributed by atoms with Crippen LogP contribution in [0, 0.1) is 6.92 Å². The Morgan fingerprint density at radius 2 is 2.05 bits per heavy atom. The number of carboxylic acid groups (broad SMARTS) is 1. The van der Waals surface area contributed by atoms with Crippen LogP contribution < -0.4 is 5.32 Å². The van der Waals surface area contributed by atoms with Crippen LogP contribution in [0.15, 0.2) is 10.5 Å². The van der Waals surface area contributed by atoms with Crippen LogP contribution in [0.5, 0.6) is 0 Å². The molecule has 0 atom stereocenters. The van der Waals surface area contributed by atoms with Crippen LogP contribution in [-0.2, 0) is 21.2 Å². The molecule has 1 rings (SSSR count). The van der Waals surface area contributed by atoms with Gasteiger partial charge in [-0.05, 0) is 13.0 Å². The van der Waals surface area contributed by atoms with E-state index in [2.05, 4.69) is 5.32 Å². The second-order valence-electron chi connectivity index (χ2n) is 4.14. The van der Waals surface area contributed by atoms with Crippen LogP contribution in [0.2, 0.25) is 0 Å². The van der Waals surface area contributed by atoms with Crippen molar-refractivity contribution in [3.8, 4) is 0 Å². The van der Waals surface area contributed by atoms with Gasteiger partial charge in [0.2, 0.25) is 5.91 Å². The molecule has 0 unspecified atom stereocenters. The molecule has 0 aliphatic carbocycles. The zero-order valence-electron chi connectivity index (χ0n) is 10.6. The van der Waals surface area contributed by atoms with Crippen LogP contribution in [0.4, 0.5) is 0 Å². The first-order valence-corrected chi connectivity index (χ1v) is 7.52. The van der Waals surface area contributed by atoms with E-state index in [4.69, 9.17) is 9.52 Å². The van der Waals surface area contributed by atoms with E-state index >= 15 is 0 Å². The number of carbonyl (C=O) groups is 2. The summed E-state index contributed by atoms with van der Waals surface area (Å²) < 4.78 is 26.9. The van der Waals surface area contributed by atoms with Crippen molar-refractivity contribution in [1.29, 1.82) is 0 Å². The number of nitrogens with one attached hydrogen (secondary N) is 1. The Balaban J connectivity index is 2.51. The summed E-state index contributed by atoms with van der Waals surface area (Å²) in [4.78, 5) is 22.1. The summed E-state index contributed by atoms with van der Waals surface area (Å²) in [5, 5.41) is 11.3. The molecule has 0 saturated carbocycles. The Labute approximate surface area is 110 Å². The molecule has 0 fully saturated rings. The Kier molecular flexibility index (Phi) is 4.71. The van der Waals surface area contributed by atoms with Gasteiger partial charge in [-0.1, -0.05) is 0 Å². The van der Waals surface area contributed by atoms with Gasteiger partial charge in [-0.3, -0.25) is 4.79 Å². The smallest absolute Gasteiger partial charge is 0.339 e. The third-order valence-electron chi connectivity index (χ3n) is 2.36. The Hall–Kier alpha value is -1.83. The standard InChI is InChI=1S/C11H15NO6S/c1-7-9(11(14)15)5-8(18-7)6-12-10(13)3-4-19(2,16)17/h5H,3-4,6H2,1-2H3,(H,12,13)(H,14,15). The molecule has 0 aromatic carbocycles. The van der Waals surface area contributed by atoms with Crippen LogP contribution in [-0.4, -0.2) is 37.4 Å². The third kappa shape index (κ3) is 5.12. The number of aromatic carboxylic acids is 1. The molecule has 0 saturated heterocycles. The van der Waals surface area contributed by atoms with Gasteiger partial charge in [0.1, 0.15) is 26.9 Å². The van der Waals surface area contributed by atoms with Crippen LogP contribution in [0.25, 0.3) is 0 Å². The van der Waals surface area contributed by atoms with Crippen molar-refractivity contribution in [2.45, 2.75) is 19.9 Å². The van der Waals surface area contributed by atoms with E-state index in [0.29, 0.717) is 5.76 Å². The molecule has 1 aromatic rings. The van der Waals surface area contributed by atoms with Gasteiger partial charge >= 0.3 is 5.97 Å². The third-order valence-corrected chi connectivity index (χ3v) is 3.30. The molecule has 0 spiro atoms. The fourth-order valence-electron chi connectivity index (χ4n) is 1.40. The maximum atomic E-state index is 11.4. The maximum absolute atomic E-state index is 11.4. The van der Waals surface area contributed by atoms with Crippen LogP contribution in [0.1, 0.15) is 28.3 Å². The van der Waals surface area contributed by atoms with Gasteiger partial charge in [-0.25, -0.2) is 13.2 Å². The van der Waals surface area contributed by atoms with Crippen molar-refractivity contribution >= 4 is 21.7 Å². The highest BCUT2D eigenvalue weighted by atomic mass is 32.2. The van der Waals surface area contributed by atoms with E-state index in [-0.39, 0.29) is 30.0 Å². The van der Waals surface area contributed by atoms with Crippen molar-refractivity contribution < 1.29 is 27.5 Å². The summed E-state index contributed by atoms with van der Waals surface area (Å²) in [6, 6.07) is 1.33. The number of furan rings is 1. The lowest BCUT2D eigenvalue weighted by Gasteiger charge is -2.02. The minimum absolute atomic E-state index is 0.0245. The lowest BCUT2D eigenvalue weighted by Crippen LogP contribution is -2.24. The number of hydrogen-bond acceptors (Lipinski definition) is 5. The van der Waals surface area contributed by atoms with Gasteiger partial charge in [0.05, 0.1) is 12.3 Å².